The van der Waals surface area contributed by atoms with Crippen LogP contribution in [0.2, 0.25) is 0 Å². The molecule has 1 unspecified atom stereocenters. The van der Waals surface area contributed by atoms with Crippen LogP contribution >= 0.6 is 0 Å². The molecule has 0 aromatic rings. The number of esters is 1. The van der Waals surface area contributed by atoms with E-state index in [1.165, 1.54) is 0 Å². The lowest BCUT2D eigenvalue weighted by Gasteiger charge is -2.61. The van der Waals surface area contributed by atoms with Crippen molar-refractivity contribution in [2.45, 2.75) is 85.0 Å². The molecule has 0 radical (unpaired) electrons. The van der Waals surface area contributed by atoms with Gasteiger partial charge in [-0.25, -0.2) is 0 Å². The van der Waals surface area contributed by atoms with E-state index in [1.54, 1.807) is 27.7 Å². The first-order valence-electron chi connectivity index (χ1n) is 7.45. The van der Waals surface area contributed by atoms with E-state index in [4.69, 9.17) is 4.74 Å². The van der Waals surface area contributed by atoms with Gasteiger partial charge < -0.3 is 14.9 Å². The monoisotopic (exact) mass is 286 g/mol. The highest BCUT2D eigenvalue weighted by Gasteiger charge is 2.65. The third kappa shape index (κ3) is 2.60. The molecule has 20 heavy (non-hydrogen) atoms. The maximum Gasteiger partial charge on any atom is 0.311 e. The molecule has 0 spiro atoms. The molecule has 0 aromatic carbocycles. The molecule has 118 valence electrons. The fraction of sp³-hybridized carbons (Fsp3) is 0.938. The van der Waals surface area contributed by atoms with E-state index < -0.39 is 28.1 Å². The topological polar surface area (TPSA) is 66.8 Å². The molecule has 1 aliphatic rings. The van der Waals surface area contributed by atoms with Crippen molar-refractivity contribution in [3.05, 3.63) is 0 Å². The first-order valence-corrected chi connectivity index (χ1v) is 7.45. The SMILES string of the molecule is CCC(C)(C)C(=O)OC1CCC1(C(C)(C)O)C(C)(C)O. The van der Waals surface area contributed by atoms with E-state index in [2.05, 4.69) is 0 Å². The molecule has 0 bridgehead atoms. The van der Waals surface area contributed by atoms with E-state index in [0.717, 1.165) is 0 Å². The summed E-state index contributed by atoms with van der Waals surface area (Å²) in [6, 6.07) is 0. The van der Waals surface area contributed by atoms with Gasteiger partial charge in [0.2, 0.25) is 0 Å². The Morgan fingerprint density at radius 1 is 1.15 bits per heavy atom. The molecule has 1 fully saturated rings. The van der Waals surface area contributed by atoms with E-state index >= 15 is 0 Å². The van der Waals surface area contributed by atoms with Gasteiger partial charge in [-0.05, 0) is 60.8 Å². The lowest BCUT2D eigenvalue weighted by Crippen LogP contribution is -2.69. The Balaban J connectivity index is 3.01. The third-order valence-electron chi connectivity index (χ3n) is 5.22. The molecule has 4 nitrogen and oxygen atoms in total. The van der Waals surface area contributed by atoms with Gasteiger partial charge in [0.25, 0.3) is 0 Å². The number of rotatable bonds is 5. The predicted octanol–water partition coefficient (Wildman–Crippen LogP) is 2.66. The molecular formula is C16H30O4. The number of carbonyl (C=O) groups is 1. The highest BCUT2D eigenvalue weighted by Crippen LogP contribution is 2.57. The average molecular weight is 286 g/mol. The van der Waals surface area contributed by atoms with Gasteiger partial charge in [0.05, 0.1) is 22.0 Å². The summed E-state index contributed by atoms with van der Waals surface area (Å²) in [5, 5.41) is 21.0. The van der Waals surface area contributed by atoms with Crippen molar-refractivity contribution in [1.29, 1.82) is 0 Å². The zero-order chi connectivity index (χ0) is 16.0. The summed E-state index contributed by atoms with van der Waals surface area (Å²) in [7, 11) is 0. The molecule has 1 rings (SSSR count). The molecule has 0 aliphatic heterocycles. The smallest absolute Gasteiger partial charge is 0.311 e. The lowest BCUT2D eigenvalue weighted by molar-refractivity contribution is -0.270. The Hall–Kier alpha value is -0.610. The van der Waals surface area contributed by atoms with Crippen LogP contribution in [0.25, 0.3) is 0 Å². The van der Waals surface area contributed by atoms with Gasteiger partial charge >= 0.3 is 5.97 Å². The van der Waals surface area contributed by atoms with E-state index in [1.807, 2.05) is 20.8 Å². The number of aliphatic hydroxyl groups is 2. The van der Waals surface area contributed by atoms with Crippen LogP contribution in [-0.4, -0.2) is 33.5 Å². The second-order valence-corrected chi connectivity index (χ2v) is 7.76. The average Bonchev–Trinajstić information content (AvgIpc) is 2.19. The van der Waals surface area contributed by atoms with E-state index in [0.29, 0.717) is 19.3 Å². The van der Waals surface area contributed by atoms with Crippen molar-refractivity contribution in [1.82, 2.24) is 0 Å². The quantitative estimate of drug-likeness (QED) is 0.763. The predicted molar refractivity (Wildman–Crippen MR) is 78.2 cm³/mol. The van der Waals surface area contributed by atoms with Crippen molar-refractivity contribution in [3.8, 4) is 0 Å². The van der Waals surface area contributed by atoms with Gasteiger partial charge in [-0.3, -0.25) is 4.79 Å². The van der Waals surface area contributed by atoms with Crippen LogP contribution in [0.15, 0.2) is 0 Å². The highest BCUT2D eigenvalue weighted by molar-refractivity contribution is 5.76. The molecule has 0 amide bonds. The van der Waals surface area contributed by atoms with Crippen LogP contribution in [-0.2, 0) is 9.53 Å². The molecular weight excluding hydrogens is 256 g/mol. The Labute approximate surface area is 122 Å². The fourth-order valence-corrected chi connectivity index (χ4v) is 3.29. The molecule has 1 aliphatic carbocycles. The fourth-order valence-electron chi connectivity index (χ4n) is 3.29. The molecule has 2 N–H and O–H groups in total. The Bertz CT molecular complexity index is 357. The summed E-state index contributed by atoms with van der Waals surface area (Å²) in [6.45, 7) is 12.4. The largest absolute Gasteiger partial charge is 0.461 e. The summed E-state index contributed by atoms with van der Waals surface area (Å²) in [5.74, 6) is -0.262. The van der Waals surface area contributed by atoms with Crippen LogP contribution in [0.5, 0.6) is 0 Å². The highest BCUT2D eigenvalue weighted by atomic mass is 16.5. The lowest BCUT2D eigenvalue weighted by atomic mass is 9.50. The van der Waals surface area contributed by atoms with Crippen molar-refractivity contribution in [2.24, 2.45) is 10.8 Å². The molecule has 0 aromatic heterocycles. The van der Waals surface area contributed by atoms with Crippen LogP contribution in [0, 0.1) is 10.8 Å². The maximum atomic E-state index is 12.3. The Morgan fingerprint density at radius 3 is 1.85 bits per heavy atom. The van der Waals surface area contributed by atoms with E-state index in [-0.39, 0.29) is 5.97 Å². The van der Waals surface area contributed by atoms with Crippen LogP contribution in [0.4, 0.5) is 0 Å². The van der Waals surface area contributed by atoms with Crippen molar-refractivity contribution in [2.75, 3.05) is 0 Å². The van der Waals surface area contributed by atoms with Gasteiger partial charge in [0.15, 0.2) is 0 Å². The van der Waals surface area contributed by atoms with Gasteiger partial charge in [-0.1, -0.05) is 6.92 Å². The minimum atomic E-state index is -1.12. The van der Waals surface area contributed by atoms with Crippen molar-refractivity contribution >= 4 is 5.97 Å². The minimum Gasteiger partial charge on any atom is -0.461 e. The minimum absolute atomic E-state index is 0.262. The Kier molecular flexibility index (Phi) is 4.35. The van der Waals surface area contributed by atoms with Gasteiger partial charge in [-0.2, -0.15) is 0 Å². The summed E-state index contributed by atoms with van der Waals surface area (Å²) < 4.78 is 5.65. The molecule has 0 heterocycles. The number of carbonyl (C=O) groups excluding carboxylic acids is 1. The van der Waals surface area contributed by atoms with E-state index in [9.17, 15) is 15.0 Å². The standard InChI is InChI=1S/C16H30O4/c1-8-13(2,3)12(17)20-11-9-10-16(11,14(4,5)18)15(6,7)19/h11,18-19H,8-10H2,1-7H3. The first kappa shape index (κ1) is 17.4. The zero-order valence-electron chi connectivity index (χ0n) is 13.9. The molecule has 4 heteroatoms. The summed E-state index contributed by atoms with van der Waals surface area (Å²) in [6.07, 6.45) is 1.57. The second kappa shape index (κ2) is 4.99. The van der Waals surface area contributed by atoms with Gasteiger partial charge in [0, 0.05) is 0 Å². The van der Waals surface area contributed by atoms with Gasteiger partial charge in [0.1, 0.15) is 6.10 Å². The number of ether oxygens (including phenoxy) is 1. The normalized spacial score (nSPS) is 23.1. The molecule has 1 saturated carbocycles. The molecule has 0 saturated heterocycles. The Morgan fingerprint density at radius 2 is 1.60 bits per heavy atom. The van der Waals surface area contributed by atoms with Crippen LogP contribution < -0.4 is 0 Å². The van der Waals surface area contributed by atoms with Crippen LogP contribution in [0.1, 0.15) is 67.7 Å². The maximum absolute atomic E-state index is 12.3. The zero-order valence-corrected chi connectivity index (χ0v) is 13.9. The summed E-state index contributed by atoms with van der Waals surface area (Å²) in [4.78, 5) is 12.3. The number of hydrogen-bond donors (Lipinski definition) is 2. The number of hydrogen-bond acceptors (Lipinski definition) is 4. The van der Waals surface area contributed by atoms with Crippen LogP contribution in [0.3, 0.4) is 0 Å². The first-order chi connectivity index (χ1) is 8.79. The van der Waals surface area contributed by atoms with Crippen molar-refractivity contribution in [3.63, 3.8) is 0 Å². The van der Waals surface area contributed by atoms with Gasteiger partial charge in [-0.15, -0.1) is 0 Å². The third-order valence-corrected chi connectivity index (χ3v) is 5.22. The second-order valence-electron chi connectivity index (χ2n) is 7.76. The molecule has 1 atom stereocenters. The summed E-state index contributed by atoms with van der Waals surface area (Å²) in [5.41, 5.74) is -3.60. The van der Waals surface area contributed by atoms with Crippen molar-refractivity contribution < 1.29 is 19.7 Å². The summed E-state index contributed by atoms with van der Waals surface area (Å²) >= 11 is 0.